The number of aromatic hydroxyl groups is 1. The van der Waals surface area contributed by atoms with Crippen molar-refractivity contribution in [2.24, 2.45) is 5.73 Å². The highest BCUT2D eigenvalue weighted by atomic mass is 79.9. The van der Waals surface area contributed by atoms with E-state index in [2.05, 4.69) is 15.9 Å². The minimum absolute atomic E-state index is 0.0196. The lowest BCUT2D eigenvalue weighted by atomic mass is 10.1. The maximum atomic E-state index is 12.4. The molecule has 0 spiro atoms. The zero-order valence-corrected chi connectivity index (χ0v) is 13.6. The molecule has 0 atom stereocenters. The van der Waals surface area contributed by atoms with Crippen molar-refractivity contribution in [3.05, 3.63) is 58.1 Å². The van der Waals surface area contributed by atoms with Crippen LogP contribution >= 0.6 is 28.1 Å². The van der Waals surface area contributed by atoms with E-state index in [4.69, 9.17) is 18.0 Å². The fourth-order valence-corrected chi connectivity index (χ4v) is 2.20. The molecule has 0 bridgehead atoms. The van der Waals surface area contributed by atoms with E-state index >= 15 is 0 Å². The highest BCUT2D eigenvalue weighted by Crippen LogP contribution is 2.26. The van der Waals surface area contributed by atoms with Crippen molar-refractivity contribution in [1.82, 2.24) is 0 Å². The number of hydrogen-bond acceptors (Lipinski definition) is 3. The summed E-state index contributed by atoms with van der Waals surface area (Å²) in [6.07, 6.45) is 0. The molecule has 108 valence electrons. The SMILES string of the molecule is CN(C(=O)c1ccc(Br)c(O)c1)c1cccc(C(N)=S)c1. The molecule has 0 aliphatic carbocycles. The second kappa shape index (κ2) is 6.24. The number of carbonyl (C=O) groups excluding carboxylic acids is 1. The summed E-state index contributed by atoms with van der Waals surface area (Å²) in [6, 6.07) is 11.8. The number of nitrogens with zero attached hydrogens (tertiary/aromatic N) is 1. The summed E-state index contributed by atoms with van der Waals surface area (Å²) in [4.78, 5) is 14.2. The van der Waals surface area contributed by atoms with Crippen molar-refractivity contribution in [2.45, 2.75) is 0 Å². The Hall–Kier alpha value is -1.92. The lowest BCUT2D eigenvalue weighted by molar-refractivity contribution is 0.0992. The molecule has 0 aliphatic rings. The third-order valence-corrected chi connectivity index (χ3v) is 3.92. The molecule has 0 saturated carbocycles. The topological polar surface area (TPSA) is 66.6 Å². The van der Waals surface area contributed by atoms with Gasteiger partial charge in [0.05, 0.1) is 4.47 Å². The molecule has 2 rings (SSSR count). The number of rotatable bonds is 3. The number of amides is 1. The molecule has 6 heteroatoms. The second-order valence-electron chi connectivity index (χ2n) is 4.44. The van der Waals surface area contributed by atoms with Crippen LogP contribution in [-0.4, -0.2) is 23.0 Å². The van der Waals surface area contributed by atoms with E-state index in [0.29, 0.717) is 21.3 Å². The zero-order chi connectivity index (χ0) is 15.6. The van der Waals surface area contributed by atoms with Gasteiger partial charge in [0.2, 0.25) is 0 Å². The lowest BCUT2D eigenvalue weighted by Gasteiger charge is -2.18. The minimum atomic E-state index is -0.238. The number of phenolic OH excluding ortho intramolecular Hbond substituents is 1. The number of anilines is 1. The highest BCUT2D eigenvalue weighted by molar-refractivity contribution is 9.10. The van der Waals surface area contributed by atoms with Crippen molar-refractivity contribution < 1.29 is 9.90 Å². The smallest absolute Gasteiger partial charge is 0.258 e. The van der Waals surface area contributed by atoms with Crippen LogP contribution in [0.4, 0.5) is 5.69 Å². The maximum Gasteiger partial charge on any atom is 0.258 e. The first-order valence-corrected chi connectivity index (χ1v) is 7.26. The van der Waals surface area contributed by atoms with Crippen LogP contribution in [0.2, 0.25) is 0 Å². The predicted octanol–water partition coefficient (Wildman–Crippen LogP) is 3.07. The Balaban J connectivity index is 2.32. The summed E-state index contributed by atoms with van der Waals surface area (Å²) in [5.74, 6) is -0.218. The molecule has 0 aliphatic heterocycles. The van der Waals surface area contributed by atoms with Crippen LogP contribution < -0.4 is 10.6 Å². The largest absolute Gasteiger partial charge is 0.507 e. The van der Waals surface area contributed by atoms with Gasteiger partial charge in [-0.05, 0) is 46.3 Å². The summed E-state index contributed by atoms with van der Waals surface area (Å²) in [5, 5.41) is 9.67. The molecule has 1 amide bonds. The van der Waals surface area contributed by atoms with Crippen LogP contribution in [0.3, 0.4) is 0 Å². The van der Waals surface area contributed by atoms with Gasteiger partial charge in [-0.3, -0.25) is 4.79 Å². The Morgan fingerprint density at radius 2 is 1.95 bits per heavy atom. The Morgan fingerprint density at radius 3 is 2.57 bits per heavy atom. The Kier molecular flexibility index (Phi) is 4.59. The number of carbonyl (C=O) groups is 1. The lowest BCUT2D eigenvalue weighted by Crippen LogP contribution is -2.26. The van der Waals surface area contributed by atoms with Gasteiger partial charge in [0.15, 0.2) is 0 Å². The summed E-state index contributed by atoms with van der Waals surface area (Å²) < 4.78 is 0.539. The quantitative estimate of drug-likeness (QED) is 0.821. The number of nitrogens with two attached hydrogens (primary N) is 1. The van der Waals surface area contributed by atoms with Crippen LogP contribution in [0.5, 0.6) is 5.75 Å². The molecule has 4 nitrogen and oxygen atoms in total. The van der Waals surface area contributed by atoms with Crippen LogP contribution in [0.25, 0.3) is 0 Å². The fraction of sp³-hybridized carbons (Fsp3) is 0.0667. The number of phenols is 1. The zero-order valence-electron chi connectivity index (χ0n) is 11.2. The number of benzene rings is 2. The van der Waals surface area contributed by atoms with Crippen LogP contribution in [0, 0.1) is 0 Å². The third kappa shape index (κ3) is 3.40. The van der Waals surface area contributed by atoms with Crippen LogP contribution in [0.1, 0.15) is 15.9 Å². The van der Waals surface area contributed by atoms with Gasteiger partial charge in [0.1, 0.15) is 10.7 Å². The number of hydrogen-bond donors (Lipinski definition) is 2. The van der Waals surface area contributed by atoms with E-state index in [0.717, 1.165) is 0 Å². The van der Waals surface area contributed by atoms with Gasteiger partial charge in [-0.2, -0.15) is 0 Å². The summed E-state index contributed by atoms with van der Waals surface area (Å²) in [7, 11) is 1.65. The molecule has 21 heavy (non-hydrogen) atoms. The van der Waals surface area contributed by atoms with Gasteiger partial charge < -0.3 is 15.7 Å². The van der Waals surface area contributed by atoms with Crippen molar-refractivity contribution >= 4 is 44.7 Å². The van der Waals surface area contributed by atoms with Gasteiger partial charge >= 0.3 is 0 Å². The van der Waals surface area contributed by atoms with E-state index < -0.39 is 0 Å². The third-order valence-electron chi connectivity index (χ3n) is 3.02. The van der Waals surface area contributed by atoms with Crippen LogP contribution in [-0.2, 0) is 0 Å². The number of thiocarbonyl (C=S) groups is 1. The molecule has 3 N–H and O–H groups in total. The molecular formula is C15H13BrN2O2S. The molecule has 2 aromatic carbocycles. The van der Waals surface area contributed by atoms with E-state index in [9.17, 15) is 9.90 Å². The average Bonchev–Trinajstić information content (AvgIpc) is 2.48. The first-order chi connectivity index (χ1) is 9.90. The molecule has 0 heterocycles. The first kappa shape index (κ1) is 15.5. The molecular weight excluding hydrogens is 352 g/mol. The number of halogens is 1. The standard InChI is InChI=1S/C15H13BrN2O2S/c1-18(11-4-2-3-9(7-11)14(17)21)15(20)10-5-6-12(16)13(19)8-10/h2-8,19H,1H3,(H2,17,21). The molecule has 0 aromatic heterocycles. The summed E-state index contributed by atoms with van der Waals surface area (Å²) >= 11 is 8.12. The predicted molar refractivity (Wildman–Crippen MR) is 90.9 cm³/mol. The Bertz CT molecular complexity index is 719. The van der Waals surface area contributed by atoms with E-state index in [1.807, 2.05) is 0 Å². The molecule has 0 unspecified atom stereocenters. The highest BCUT2D eigenvalue weighted by Gasteiger charge is 2.15. The van der Waals surface area contributed by atoms with Gasteiger partial charge in [0.25, 0.3) is 5.91 Å². The maximum absolute atomic E-state index is 12.4. The minimum Gasteiger partial charge on any atom is -0.507 e. The van der Waals surface area contributed by atoms with Crippen molar-refractivity contribution in [1.29, 1.82) is 0 Å². The molecule has 0 radical (unpaired) electrons. The average molecular weight is 365 g/mol. The molecule has 2 aromatic rings. The summed E-state index contributed by atoms with van der Waals surface area (Å²) in [6.45, 7) is 0. The second-order valence-corrected chi connectivity index (χ2v) is 5.74. The van der Waals surface area contributed by atoms with Crippen molar-refractivity contribution in [3.63, 3.8) is 0 Å². The first-order valence-electron chi connectivity index (χ1n) is 6.06. The van der Waals surface area contributed by atoms with Gasteiger partial charge in [-0.25, -0.2) is 0 Å². The normalized spacial score (nSPS) is 10.2. The van der Waals surface area contributed by atoms with E-state index in [1.165, 1.54) is 11.0 Å². The Labute approximate surface area is 136 Å². The summed E-state index contributed by atoms with van der Waals surface area (Å²) in [5.41, 5.74) is 7.35. The van der Waals surface area contributed by atoms with Crippen molar-refractivity contribution in [3.8, 4) is 5.75 Å². The molecule has 0 fully saturated rings. The van der Waals surface area contributed by atoms with Crippen LogP contribution in [0.15, 0.2) is 46.9 Å². The van der Waals surface area contributed by atoms with Gasteiger partial charge in [-0.1, -0.05) is 24.4 Å². The fourth-order valence-electron chi connectivity index (χ4n) is 1.82. The van der Waals surface area contributed by atoms with E-state index in [-0.39, 0.29) is 16.6 Å². The van der Waals surface area contributed by atoms with Gasteiger partial charge in [-0.15, -0.1) is 0 Å². The van der Waals surface area contributed by atoms with Crippen molar-refractivity contribution in [2.75, 3.05) is 11.9 Å². The molecule has 0 saturated heterocycles. The Morgan fingerprint density at radius 1 is 1.24 bits per heavy atom. The van der Waals surface area contributed by atoms with E-state index in [1.54, 1.807) is 43.4 Å². The van der Waals surface area contributed by atoms with Gasteiger partial charge in [0, 0.05) is 23.9 Å². The monoisotopic (exact) mass is 364 g/mol.